The first-order chi connectivity index (χ1) is 13.2. The van der Waals surface area contributed by atoms with Gasteiger partial charge in [0.2, 0.25) is 5.91 Å². The van der Waals surface area contributed by atoms with Crippen molar-refractivity contribution < 1.29 is 14.3 Å². The second-order valence-electron chi connectivity index (χ2n) is 9.07. The molecule has 2 heterocycles. The molecule has 1 aromatic carbocycles. The first-order valence-corrected chi connectivity index (χ1v) is 10.3. The van der Waals surface area contributed by atoms with Gasteiger partial charge in [0.1, 0.15) is 5.60 Å². The molecule has 1 aromatic rings. The summed E-state index contributed by atoms with van der Waals surface area (Å²) in [5.41, 5.74) is 0.328. The Morgan fingerprint density at radius 2 is 1.75 bits per heavy atom. The molecule has 1 unspecified atom stereocenters. The van der Waals surface area contributed by atoms with Crippen LogP contribution in [0.25, 0.3) is 0 Å². The molecule has 28 heavy (non-hydrogen) atoms. The molecule has 2 saturated heterocycles. The summed E-state index contributed by atoms with van der Waals surface area (Å²) < 4.78 is 5.31. The van der Waals surface area contributed by atoms with E-state index in [4.69, 9.17) is 4.74 Å². The Labute approximate surface area is 168 Å². The Morgan fingerprint density at radius 1 is 1.14 bits per heavy atom. The van der Waals surface area contributed by atoms with Gasteiger partial charge in [0.15, 0.2) is 0 Å². The van der Waals surface area contributed by atoms with E-state index in [1.165, 1.54) is 12.8 Å². The molecule has 154 valence electrons. The van der Waals surface area contributed by atoms with Crippen molar-refractivity contribution in [3.05, 3.63) is 35.9 Å². The van der Waals surface area contributed by atoms with E-state index in [0.717, 1.165) is 18.4 Å². The first kappa shape index (κ1) is 20.6. The van der Waals surface area contributed by atoms with Gasteiger partial charge in [0.05, 0.1) is 5.92 Å². The standard InChI is InChI=1S/C22H33N3O3/c1-22(2,3)28-21(27)23-14-19(15-8-6-5-7-9-15)20(26)24-16-12-17-10-11-18(13-16)25(17)4/h5-9,16-19H,10-14H2,1-4H3,(H,23,27)(H,24,26)/t16-,17+,18-,19?. The minimum atomic E-state index is -0.567. The number of alkyl carbamates (subject to hydrolysis) is 1. The number of benzene rings is 1. The molecule has 6 nitrogen and oxygen atoms in total. The van der Waals surface area contributed by atoms with Crippen LogP contribution >= 0.6 is 0 Å². The highest BCUT2D eigenvalue weighted by Gasteiger charge is 2.39. The number of hydrogen-bond acceptors (Lipinski definition) is 4. The third-order valence-corrected chi connectivity index (χ3v) is 5.81. The Bertz CT molecular complexity index is 672. The van der Waals surface area contributed by atoms with E-state index in [2.05, 4.69) is 22.6 Å². The monoisotopic (exact) mass is 387 g/mol. The Morgan fingerprint density at radius 3 is 2.32 bits per heavy atom. The molecule has 2 N–H and O–H groups in total. The number of hydrogen-bond donors (Lipinski definition) is 2. The number of piperidine rings is 1. The maximum absolute atomic E-state index is 13.1. The van der Waals surface area contributed by atoms with Gasteiger partial charge in [-0.05, 0) is 59.1 Å². The Kier molecular flexibility index (Phi) is 6.28. The minimum absolute atomic E-state index is 0.0313. The van der Waals surface area contributed by atoms with Crippen molar-refractivity contribution in [2.45, 2.75) is 76.1 Å². The zero-order chi connectivity index (χ0) is 20.3. The van der Waals surface area contributed by atoms with Crippen LogP contribution in [-0.2, 0) is 9.53 Å². The Balaban J connectivity index is 1.63. The molecule has 2 amide bonds. The van der Waals surface area contributed by atoms with Gasteiger partial charge in [-0.1, -0.05) is 30.3 Å². The number of ether oxygens (including phenoxy) is 1. The molecule has 2 aliphatic heterocycles. The molecule has 0 radical (unpaired) electrons. The lowest BCUT2D eigenvalue weighted by molar-refractivity contribution is -0.123. The third kappa shape index (κ3) is 5.25. The van der Waals surface area contributed by atoms with Gasteiger partial charge in [-0.15, -0.1) is 0 Å². The zero-order valence-corrected chi connectivity index (χ0v) is 17.4. The van der Waals surface area contributed by atoms with Crippen molar-refractivity contribution in [2.24, 2.45) is 0 Å². The number of amides is 2. The van der Waals surface area contributed by atoms with E-state index in [1.807, 2.05) is 51.1 Å². The smallest absolute Gasteiger partial charge is 0.407 e. The molecule has 0 aliphatic carbocycles. The van der Waals surface area contributed by atoms with Crippen molar-refractivity contribution in [1.82, 2.24) is 15.5 Å². The number of carbonyl (C=O) groups excluding carboxylic acids is 2. The molecule has 2 aliphatic rings. The fraction of sp³-hybridized carbons (Fsp3) is 0.636. The summed E-state index contributed by atoms with van der Waals surface area (Å²) in [7, 11) is 2.19. The number of rotatable bonds is 5. The SMILES string of the molecule is CN1[C@@H]2CC[C@H]1C[C@@H](NC(=O)C(CNC(=O)OC(C)(C)C)c1ccccc1)C2. The van der Waals surface area contributed by atoms with E-state index in [9.17, 15) is 9.59 Å². The van der Waals surface area contributed by atoms with Gasteiger partial charge in [0.25, 0.3) is 0 Å². The molecule has 2 fully saturated rings. The van der Waals surface area contributed by atoms with Gasteiger partial charge in [0, 0.05) is 24.7 Å². The molecule has 0 aromatic heterocycles. The largest absolute Gasteiger partial charge is 0.444 e. The molecule has 0 saturated carbocycles. The summed E-state index contributed by atoms with van der Waals surface area (Å²) in [5, 5.41) is 6.02. The maximum Gasteiger partial charge on any atom is 0.407 e. The predicted molar refractivity (Wildman–Crippen MR) is 109 cm³/mol. The molecule has 6 heteroatoms. The van der Waals surface area contributed by atoms with E-state index >= 15 is 0 Å². The van der Waals surface area contributed by atoms with Crippen LogP contribution in [0.3, 0.4) is 0 Å². The predicted octanol–water partition coefficient (Wildman–Crippen LogP) is 3.04. The molecule has 3 rings (SSSR count). The van der Waals surface area contributed by atoms with Crippen LogP contribution in [0, 0.1) is 0 Å². The summed E-state index contributed by atoms with van der Waals surface area (Å²) in [5.74, 6) is -0.470. The summed E-state index contributed by atoms with van der Waals surface area (Å²) in [6, 6.07) is 11.0. The fourth-order valence-electron chi connectivity index (χ4n) is 4.38. The first-order valence-electron chi connectivity index (χ1n) is 10.3. The van der Waals surface area contributed by atoms with Crippen LogP contribution in [0.15, 0.2) is 30.3 Å². The number of fused-ring (bicyclic) bond motifs is 2. The second-order valence-corrected chi connectivity index (χ2v) is 9.07. The molecule has 2 bridgehead atoms. The van der Waals surface area contributed by atoms with Crippen molar-refractivity contribution in [1.29, 1.82) is 0 Å². The van der Waals surface area contributed by atoms with Gasteiger partial charge in [-0.3, -0.25) is 4.79 Å². The van der Waals surface area contributed by atoms with E-state index in [0.29, 0.717) is 12.1 Å². The van der Waals surface area contributed by atoms with E-state index in [1.54, 1.807) is 0 Å². The highest BCUT2D eigenvalue weighted by Crippen LogP contribution is 2.34. The molecular formula is C22H33N3O3. The van der Waals surface area contributed by atoms with E-state index < -0.39 is 17.6 Å². The van der Waals surface area contributed by atoms with Gasteiger partial charge in [-0.25, -0.2) is 4.79 Å². The summed E-state index contributed by atoms with van der Waals surface area (Å²) in [4.78, 5) is 27.6. The van der Waals surface area contributed by atoms with Gasteiger partial charge in [-0.2, -0.15) is 0 Å². The number of nitrogens with one attached hydrogen (secondary N) is 2. The highest BCUT2D eigenvalue weighted by molar-refractivity contribution is 5.84. The third-order valence-electron chi connectivity index (χ3n) is 5.81. The van der Waals surface area contributed by atoms with Crippen LogP contribution in [0.4, 0.5) is 4.79 Å². The van der Waals surface area contributed by atoms with E-state index in [-0.39, 0.29) is 18.5 Å². The van der Waals surface area contributed by atoms with Crippen LogP contribution in [0.2, 0.25) is 0 Å². The topological polar surface area (TPSA) is 70.7 Å². The number of carbonyl (C=O) groups is 2. The maximum atomic E-state index is 13.1. The normalized spacial score (nSPS) is 25.8. The van der Waals surface area contributed by atoms with Crippen molar-refractivity contribution in [3.8, 4) is 0 Å². The number of nitrogens with zero attached hydrogens (tertiary/aromatic N) is 1. The van der Waals surface area contributed by atoms with Crippen LogP contribution < -0.4 is 10.6 Å². The lowest BCUT2D eigenvalue weighted by Gasteiger charge is -2.37. The second kappa shape index (κ2) is 8.52. The molecule has 4 atom stereocenters. The van der Waals surface area contributed by atoms with Gasteiger partial charge < -0.3 is 20.3 Å². The summed E-state index contributed by atoms with van der Waals surface area (Å²) in [6.07, 6.45) is 3.93. The van der Waals surface area contributed by atoms with Crippen molar-refractivity contribution >= 4 is 12.0 Å². The minimum Gasteiger partial charge on any atom is -0.444 e. The average molecular weight is 388 g/mol. The van der Waals surface area contributed by atoms with Crippen molar-refractivity contribution in [2.75, 3.05) is 13.6 Å². The summed E-state index contributed by atoms with van der Waals surface area (Å²) in [6.45, 7) is 5.68. The fourth-order valence-corrected chi connectivity index (χ4v) is 4.38. The highest BCUT2D eigenvalue weighted by atomic mass is 16.6. The zero-order valence-electron chi connectivity index (χ0n) is 17.4. The van der Waals surface area contributed by atoms with Crippen molar-refractivity contribution in [3.63, 3.8) is 0 Å². The van der Waals surface area contributed by atoms with Crippen LogP contribution in [-0.4, -0.2) is 54.2 Å². The van der Waals surface area contributed by atoms with Gasteiger partial charge >= 0.3 is 6.09 Å². The lowest BCUT2D eigenvalue weighted by Crippen LogP contribution is -2.50. The average Bonchev–Trinajstić information content (AvgIpc) is 2.82. The quantitative estimate of drug-likeness (QED) is 0.815. The molecule has 0 spiro atoms. The summed E-state index contributed by atoms with van der Waals surface area (Å²) >= 11 is 0. The van der Waals surface area contributed by atoms with Crippen LogP contribution in [0.1, 0.15) is 57.9 Å². The molecular weight excluding hydrogens is 354 g/mol. The Hall–Kier alpha value is -2.08. The van der Waals surface area contributed by atoms with Crippen LogP contribution in [0.5, 0.6) is 0 Å². The lowest BCUT2D eigenvalue weighted by atomic mass is 9.94.